The predicted molar refractivity (Wildman–Crippen MR) is 105 cm³/mol. The van der Waals surface area contributed by atoms with Crippen LogP contribution in [0.25, 0.3) is 0 Å². The Bertz CT molecular complexity index is 961. The molecule has 2 aromatic carbocycles. The Hall–Kier alpha value is -3.50. The summed E-state index contributed by atoms with van der Waals surface area (Å²) in [5.41, 5.74) is -2.43. The van der Waals surface area contributed by atoms with Crippen LogP contribution in [0.15, 0.2) is 30.3 Å². The van der Waals surface area contributed by atoms with Gasteiger partial charge in [-0.25, -0.2) is 0 Å². The van der Waals surface area contributed by atoms with Crippen LogP contribution in [0.4, 0.5) is 30.2 Å². The van der Waals surface area contributed by atoms with Gasteiger partial charge in [0, 0.05) is 25.8 Å². The van der Waals surface area contributed by atoms with Crippen molar-refractivity contribution in [3.8, 4) is 11.5 Å². The van der Waals surface area contributed by atoms with E-state index in [1.165, 1.54) is 18.1 Å². The number of nitro benzene ring substituents is 1. The van der Waals surface area contributed by atoms with Gasteiger partial charge in [0.2, 0.25) is 0 Å². The molecule has 0 saturated carbocycles. The van der Waals surface area contributed by atoms with Gasteiger partial charge in [0.1, 0.15) is 5.56 Å². The molecule has 30 heavy (non-hydrogen) atoms. The van der Waals surface area contributed by atoms with Crippen molar-refractivity contribution in [1.82, 2.24) is 0 Å². The zero-order valence-electron chi connectivity index (χ0n) is 16.7. The zero-order chi connectivity index (χ0) is 22.6. The van der Waals surface area contributed by atoms with E-state index in [4.69, 9.17) is 9.47 Å². The van der Waals surface area contributed by atoms with E-state index in [0.717, 1.165) is 24.3 Å². The number of halogens is 3. The van der Waals surface area contributed by atoms with Crippen molar-refractivity contribution in [3.63, 3.8) is 0 Å². The Labute approximate surface area is 170 Å². The molecule has 2 rings (SSSR count). The summed E-state index contributed by atoms with van der Waals surface area (Å²) in [6.07, 6.45) is -4.75. The zero-order valence-corrected chi connectivity index (χ0v) is 16.7. The lowest BCUT2D eigenvalue weighted by molar-refractivity contribution is -0.385. The molecule has 0 atom stereocenters. The summed E-state index contributed by atoms with van der Waals surface area (Å²) in [4.78, 5) is 24.8. The number of carbonyl (C=O) groups excluding carboxylic acids is 1. The minimum Gasteiger partial charge on any atom is -0.493 e. The van der Waals surface area contributed by atoms with Gasteiger partial charge in [0.15, 0.2) is 11.5 Å². The van der Waals surface area contributed by atoms with Crippen molar-refractivity contribution < 1.29 is 32.4 Å². The topological polar surface area (TPSA) is 93.9 Å². The molecule has 11 heteroatoms. The Morgan fingerprint density at radius 2 is 1.87 bits per heavy atom. The van der Waals surface area contributed by atoms with Crippen molar-refractivity contribution in [2.45, 2.75) is 13.1 Å². The molecule has 0 fully saturated rings. The third kappa shape index (κ3) is 4.91. The van der Waals surface area contributed by atoms with Crippen LogP contribution in [0.1, 0.15) is 22.8 Å². The first-order chi connectivity index (χ1) is 14.0. The van der Waals surface area contributed by atoms with Gasteiger partial charge in [-0.15, -0.1) is 0 Å². The van der Waals surface area contributed by atoms with Crippen LogP contribution in [0, 0.1) is 10.1 Å². The maximum Gasteiger partial charge on any atom is 0.418 e. The van der Waals surface area contributed by atoms with Gasteiger partial charge in [-0.3, -0.25) is 14.9 Å². The lowest BCUT2D eigenvalue weighted by atomic mass is 10.1. The monoisotopic (exact) mass is 427 g/mol. The third-order valence-electron chi connectivity index (χ3n) is 4.10. The average molecular weight is 427 g/mol. The van der Waals surface area contributed by atoms with E-state index < -0.39 is 39.5 Å². The summed E-state index contributed by atoms with van der Waals surface area (Å²) in [7, 11) is 4.41. The second-order valence-corrected chi connectivity index (χ2v) is 6.29. The molecule has 8 nitrogen and oxygen atoms in total. The highest BCUT2D eigenvalue weighted by Gasteiger charge is 2.35. The highest BCUT2D eigenvalue weighted by Crippen LogP contribution is 2.39. The SMILES string of the molecule is CCOc1cc(C(=O)Nc2ccc(N(C)C)cc2C(F)(F)F)c([N+](=O)[O-])cc1OC. The van der Waals surface area contributed by atoms with Crippen molar-refractivity contribution >= 4 is 23.0 Å². The molecule has 0 radical (unpaired) electrons. The smallest absolute Gasteiger partial charge is 0.418 e. The summed E-state index contributed by atoms with van der Waals surface area (Å²) in [5, 5.41) is 13.5. The van der Waals surface area contributed by atoms with E-state index in [0.29, 0.717) is 0 Å². The lowest BCUT2D eigenvalue weighted by Crippen LogP contribution is -2.19. The fourth-order valence-electron chi connectivity index (χ4n) is 2.65. The molecule has 0 unspecified atom stereocenters. The lowest BCUT2D eigenvalue weighted by Gasteiger charge is -2.19. The van der Waals surface area contributed by atoms with Crippen molar-refractivity contribution in [2.75, 3.05) is 38.0 Å². The van der Waals surface area contributed by atoms with Crippen molar-refractivity contribution in [1.29, 1.82) is 0 Å². The van der Waals surface area contributed by atoms with E-state index in [9.17, 15) is 28.1 Å². The van der Waals surface area contributed by atoms with Gasteiger partial charge in [0.25, 0.3) is 11.6 Å². The van der Waals surface area contributed by atoms with E-state index in [1.54, 1.807) is 21.0 Å². The van der Waals surface area contributed by atoms with E-state index in [-0.39, 0.29) is 23.8 Å². The number of nitrogens with one attached hydrogen (secondary N) is 1. The van der Waals surface area contributed by atoms with Crippen LogP contribution >= 0.6 is 0 Å². The Balaban J connectivity index is 2.54. The number of benzene rings is 2. The number of ether oxygens (including phenoxy) is 2. The molecule has 0 saturated heterocycles. The normalized spacial score (nSPS) is 11.0. The van der Waals surface area contributed by atoms with Gasteiger partial charge >= 0.3 is 6.18 Å². The first-order valence-electron chi connectivity index (χ1n) is 8.68. The fraction of sp³-hybridized carbons (Fsp3) is 0.316. The summed E-state index contributed by atoms with van der Waals surface area (Å²) < 4.78 is 50.8. The molecule has 0 aliphatic rings. The minimum absolute atomic E-state index is 0.0198. The molecule has 0 aromatic heterocycles. The molecule has 0 aliphatic carbocycles. The van der Waals surface area contributed by atoms with Crippen LogP contribution in [0.5, 0.6) is 11.5 Å². The summed E-state index contributed by atoms with van der Waals surface area (Å²) in [6.45, 7) is 1.84. The van der Waals surface area contributed by atoms with E-state index in [2.05, 4.69) is 5.32 Å². The molecule has 0 aliphatic heterocycles. The largest absolute Gasteiger partial charge is 0.493 e. The van der Waals surface area contributed by atoms with Crippen LogP contribution in [0.3, 0.4) is 0 Å². The maximum atomic E-state index is 13.5. The number of nitrogens with zero attached hydrogens (tertiary/aromatic N) is 2. The second kappa shape index (κ2) is 8.89. The van der Waals surface area contributed by atoms with E-state index in [1.807, 2.05) is 0 Å². The number of nitro groups is 1. The van der Waals surface area contributed by atoms with Gasteiger partial charge in [-0.05, 0) is 25.1 Å². The summed E-state index contributed by atoms with van der Waals surface area (Å²) in [6, 6.07) is 5.41. The van der Waals surface area contributed by atoms with Crippen molar-refractivity contribution in [2.24, 2.45) is 0 Å². The summed E-state index contributed by atoms with van der Waals surface area (Å²) >= 11 is 0. The van der Waals surface area contributed by atoms with Crippen molar-refractivity contribution in [3.05, 3.63) is 51.6 Å². The predicted octanol–water partition coefficient (Wildman–Crippen LogP) is 4.34. The number of methoxy groups -OCH3 is 1. The molecule has 0 spiro atoms. The van der Waals surface area contributed by atoms with Crippen LogP contribution in [-0.4, -0.2) is 38.6 Å². The van der Waals surface area contributed by atoms with Crippen LogP contribution < -0.4 is 19.7 Å². The molecule has 2 aromatic rings. The Morgan fingerprint density at radius 1 is 1.20 bits per heavy atom. The number of hydrogen-bond acceptors (Lipinski definition) is 6. The van der Waals surface area contributed by atoms with Crippen LogP contribution in [-0.2, 0) is 6.18 Å². The molecule has 0 heterocycles. The second-order valence-electron chi connectivity index (χ2n) is 6.29. The highest BCUT2D eigenvalue weighted by atomic mass is 19.4. The maximum absolute atomic E-state index is 13.5. The molecular weight excluding hydrogens is 407 g/mol. The first-order valence-corrected chi connectivity index (χ1v) is 8.68. The van der Waals surface area contributed by atoms with Crippen LogP contribution in [0.2, 0.25) is 0 Å². The number of anilines is 2. The Morgan fingerprint density at radius 3 is 2.37 bits per heavy atom. The number of hydrogen-bond donors (Lipinski definition) is 1. The number of carbonyl (C=O) groups is 1. The van der Waals surface area contributed by atoms with Gasteiger partial charge in [0.05, 0.1) is 36.0 Å². The summed E-state index contributed by atoms with van der Waals surface area (Å²) in [5.74, 6) is -1.02. The third-order valence-corrected chi connectivity index (χ3v) is 4.10. The quantitative estimate of drug-likeness (QED) is 0.522. The molecule has 0 bridgehead atoms. The minimum atomic E-state index is -4.75. The van der Waals surface area contributed by atoms with E-state index >= 15 is 0 Å². The van der Waals surface area contributed by atoms with Gasteiger partial charge in [-0.2, -0.15) is 13.2 Å². The molecule has 1 N–H and O–H groups in total. The van der Waals surface area contributed by atoms with Gasteiger partial charge in [-0.1, -0.05) is 0 Å². The standard InChI is InChI=1S/C19H20F3N3O5/c1-5-30-17-9-12(15(25(27)28)10-16(17)29-4)18(26)23-14-7-6-11(24(2)3)8-13(14)19(20,21)22/h6-10H,5H2,1-4H3,(H,23,26). The number of rotatable bonds is 7. The fourth-order valence-corrected chi connectivity index (χ4v) is 2.65. The Kier molecular flexibility index (Phi) is 6.75. The first kappa shape index (κ1) is 22.8. The molecule has 1 amide bonds. The number of alkyl halides is 3. The average Bonchev–Trinajstić information content (AvgIpc) is 2.66. The number of amides is 1. The van der Waals surface area contributed by atoms with Gasteiger partial charge < -0.3 is 19.7 Å². The highest BCUT2D eigenvalue weighted by molar-refractivity contribution is 6.08. The molecular formula is C19H20F3N3O5. The molecule has 162 valence electrons.